The van der Waals surface area contributed by atoms with E-state index in [1.165, 1.54) is 22.2 Å². The Kier molecular flexibility index (Phi) is 4.45. The van der Waals surface area contributed by atoms with E-state index in [4.69, 9.17) is 12.2 Å². The van der Waals surface area contributed by atoms with Crippen LogP contribution in [0.3, 0.4) is 0 Å². The van der Waals surface area contributed by atoms with Gasteiger partial charge in [-0.25, -0.2) is 0 Å². The fraction of sp³-hybridized carbons (Fsp3) is 0.357. The second-order valence-electron chi connectivity index (χ2n) is 4.82. The van der Waals surface area contributed by atoms with E-state index in [0.717, 1.165) is 11.3 Å². The number of hydrogen-bond donors (Lipinski definition) is 1. The summed E-state index contributed by atoms with van der Waals surface area (Å²) in [7, 11) is 1.64. The van der Waals surface area contributed by atoms with Gasteiger partial charge in [-0.1, -0.05) is 30.0 Å². The van der Waals surface area contributed by atoms with E-state index in [9.17, 15) is 9.59 Å². The van der Waals surface area contributed by atoms with Crippen LogP contribution in [0.4, 0.5) is 5.69 Å². The fourth-order valence-electron chi connectivity index (χ4n) is 1.89. The van der Waals surface area contributed by atoms with E-state index in [2.05, 4.69) is 5.32 Å². The lowest BCUT2D eigenvalue weighted by Crippen LogP contribution is -2.29. The minimum Gasteiger partial charge on any atom is -0.326 e. The van der Waals surface area contributed by atoms with Crippen LogP contribution < -0.4 is 5.32 Å². The van der Waals surface area contributed by atoms with Gasteiger partial charge in [0.05, 0.1) is 5.25 Å². The van der Waals surface area contributed by atoms with E-state index in [0.29, 0.717) is 4.32 Å². The van der Waals surface area contributed by atoms with Crippen LogP contribution in [-0.4, -0.2) is 33.3 Å². The summed E-state index contributed by atoms with van der Waals surface area (Å²) < 4.78 is 0.527. The van der Waals surface area contributed by atoms with Crippen LogP contribution in [0, 0.1) is 13.8 Å². The summed E-state index contributed by atoms with van der Waals surface area (Å²) in [5.74, 6) is -0.271. The molecule has 1 heterocycles. The summed E-state index contributed by atoms with van der Waals surface area (Å²) in [4.78, 5) is 25.2. The molecule has 1 aliphatic heterocycles. The third-order valence-electron chi connectivity index (χ3n) is 3.28. The summed E-state index contributed by atoms with van der Waals surface area (Å²) in [6.45, 7) is 4.01. The highest BCUT2D eigenvalue weighted by molar-refractivity contribution is 8.24. The van der Waals surface area contributed by atoms with Crippen LogP contribution in [0.2, 0.25) is 0 Å². The molecule has 1 fully saturated rings. The Labute approximate surface area is 127 Å². The van der Waals surface area contributed by atoms with Crippen molar-refractivity contribution in [3.63, 3.8) is 0 Å². The molecule has 0 aliphatic carbocycles. The zero-order valence-corrected chi connectivity index (χ0v) is 13.2. The number of benzene rings is 1. The normalized spacial score (nSPS) is 18.6. The van der Waals surface area contributed by atoms with Crippen LogP contribution in [0.25, 0.3) is 0 Å². The van der Waals surface area contributed by atoms with Gasteiger partial charge in [0.1, 0.15) is 4.32 Å². The highest BCUT2D eigenvalue weighted by Gasteiger charge is 2.35. The highest BCUT2D eigenvalue weighted by atomic mass is 32.2. The van der Waals surface area contributed by atoms with Gasteiger partial charge >= 0.3 is 0 Å². The van der Waals surface area contributed by atoms with E-state index < -0.39 is 5.25 Å². The Morgan fingerprint density at radius 1 is 1.40 bits per heavy atom. The number of nitrogens with one attached hydrogen (secondary N) is 1. The summed E-state index contributed by atoms with van der Waals surface area (Å²) in [5.41, 5.74) is 3.05. The summed E-state index contributed by atoms with van der Waals surface area (Å²) >= 11 is 6.32. The van der Waals surface area contributed by atoms with Gasteiger partial charge in [-0.3, -0.25) is 14.5 Å². The second kappa shape index (κ2) is 5.93. The number of carbonyl (C=O) groups excluding carboxylic acids is 2. The molecule has 2 amide bonds. The predicted molar refractivity (Wildman–Crippen MR) is 85.9 cm³/mol. The van der Waals surface area contributed by atoms with Crippen LogP contribution in [-0.2, 0) is 9.59 Å². The van der Waals surface area contributed by atoms with Crippen molar-refractivity contribution in [1.82, 2.24) is 4.90 Å². The molecule has 1 aromatic carbocycles. The maximum absolute atomic E-state index is 12.0. The van der Waals surface area contributed by atoms with Crippen molar-refractivity contribution >= 4 is 45.8 Å². The van der Waals surface area contributed by atoms with Crippen LogP contribution >= 0.6 is 24.0 Å². The molecule has 1 unspecified atom stereocenters. The van der Waals surface area contributed by atoms with Gasteiger partial charge in [-0.15, -0.1) is 0 Å². The Hall–Kier alpha value is -1.40. The third-order valence-corrected chi connectivity index (χ3v) is 4.98. The number of nitrogens with zero attached hydrogens (tertiary/aromatic N) is 1. The van der Waals surface area contributed by atoms with Gasteiger partial charge in [-0.05, 0) is 37.1 Å². The van der Waals surface area contributed by atoms with Gasteiger partial charge < -0.3 is 5.32 Å². The van der Waals surface area contributed by atoms with Gasteiger partial charge in [0.25, 0.3) is 0 Å². The number of carbonyl (C=O) groups is 2. The molecule has 0 bridgehead atoms. The monoisotopic (exact) mass is 308 g/mol. The van der Waals surface area contributed by atoms with Crippen molar-refractivity contribution in [1.29, 1.82) is 0 Å². The van der Waals surface area contributed by atoms with Crippen molar-refractivity contribution in [2.45, 2.75) is 25.5 Å². The molecule has 0 spiro atoms. The second-order valence-corrected chi connectivity index (χ2v) is 6.66. The maximum atomic E-state index is 12.0. The number of thioether (sulfide) groups is 1. The van der Waals surface area contributed by atoms with Gasteiger partial charge in [0.2, 0.25) is 11.8 Å². The average Bonchev–Trinajstić information content (AvgIpc) is 2.61. The number of rotatable bonds is 3. The fourth-order valence-corrected chi connectivity index (χ4v) is 3.31. The molecule has 106 valence electrons. The van der Waals surface area contributed by atoms with Crippen molar-refractivity contribution in [3.8, 4) is 0 Å². The van der Waals surface area contributed by atoms with Gasteiger partial charge in [0, 0.05) is 19.2 Å². The minimum absolute atomic E-state index is 0.102. The Morgan fingerprint density at radius 2 is 2.10 bits per heavy atom. The number of hydrogen-bond acceptors (Lipinski definition) is 4. The first kappa shape index (κ1) is 15.0. The molecule has 1 N–H and O–H groups in total. The van der Waals surface area contributed by atoms with Gasteiger partial charge in [0.15, 0.2) is 0 Å². The average molecular weight is 308 g/mol. The molecule has 0 radical (unpaired) electrons. The van der Waals surface area contributed by atoms with Crippen LogP contribution in [0.1, 0.15) is 17.5 Å². The highest BCUT2D eigenvalue weighted by Crippen LogP contribution is 2.28. The predicted octanol–water partition coefficient (Wildman–Crippen LogP) is 2.49. The molecule has 2 rings (SSSR count). The lowest BCUT2D eigenvalue weighted by molar-refractivity contribution is -0.127. The first-order chi connectivity index (χ1) is 9.38. The number of anilines is 1. The number of amides is 2. The molecule has 0 saturated carbocycles. The first-order valence-corrected chi connectivity index (χ1v) is 7.52. The number of thiocarbonyl (C=S) groups is 1. The summed E-state index contributed by atoms with van der Waals surface area (Å²) in [5, 5.41) is 2.42. The zero-order valence-electron chi connectivity index (χ0n) is 11.6. The van der Waals surface area contributed by atoms with Crippen molar-refractivity contribution in [3.05, 3.63) is 29.3 Å². The molecular formula is C14H16N2O2S2. The molecule has 20 heavy (non-hydrogen) atoms. The molecule has 1 saturated heterocycles. The largest absolute Gasteiger partial charge is 0.326 e. The quantitative estimate of drug-likeness (QED) is 0.872. The molecule has 1 aromatic rings. The first-order valence-electron chi connectivity index (χ1n) is 6.24. The van der Waals surface area contributed by atoms with E-state index in [1.807, 2.05) is 32.0 Å². The summed E-state index contributed by atoms with van der Waals surface area (Å²) in [6.07, 6.45) is 0.140. The van der Waals surface area contributed by atoms with Crippen molar-refractivity contribution < 1.29 is 9.59 Å². The zero-order chi connectivity index (χ0) is 14.9. The van der Waals surface area contributed by atoms with Gasteiger partial charge in [-0.2, -0.15) is 0 Å². The van der Waals surface area contributed by atoms with Crippen LogP contribution in [0.15, 0.2) is 18.2 Å². The lowest BCUT2D eigenvalue weighted by atomic mass is 10.1. The van der Waals surface area contributed by atoms with E-state index in [-0.39, 0.29) is 18.2 Å². The minimum atomic E-state index is -0.404. The maximum Gasteiger partial charge on any atom is 0.241 e. The summed E-state index contributed by atoms with van der Waals surface area (Å²) in [6, 6.07) is 5.75. The lowest BCUT2D eigenvalue weighted by Gasteiger charge is -2.10. The molecule has 1 aliphatic rings. The van der Waals surface area contributed by atoms with E-state index >= 15 is 0 Å². The Bertz CT molecular complexity index is 587. The molecule has 1 atom stereocenters. The standard InChI is InChI=1S/C14H16N2O2S2/c1-8-4-5-10(6-9(8)2)15-12(17)7-11-13(18)16(3)14(19)20-11/h4-6,11H,7H2,1-3H3,(H,15,17). The molecule has 4 nitrogen and oxygen atoms in total. The van der Waals surface area contributed by atoms with Crippen LogP contribution in [0.5, 0.6) is 0 Å². The number of aryl methyl sites for hydroxylation is 2. The SMILES string of the molecule is Cc1ccc(NC(=O)CC2SC(=S)N(C)C2=O)cc1C. The topological polar surface area (TPSA) is 49.4 Å². The van der Waals surface area contributed by atoms with E-state index in [1.54, 1.807) is 7.05 Å². The smallest absolute Gasteiger partial charge is 0.241 e. The molecule has 6 heteroatoms. The molecular weight excluding hydrogens is 292 g/mol. The van der Waals surface area contributed by atoms with Crippen molar-refractivity contribution in [2.75, 3.05) is 12.4 Å². The molecule has 0 aromatic heterocycles. The van der Waals surface area contributed by atoms with Crippen molar-refractivity contribution in [2.24, 2.45) is 0 Å². The Morgan fingerprint density at radius 3 is 2.65 bits per heavy atom. The Balaban J connectivity index is 1.98. The third kappa shape index (κ3) is 3.19.